The average molecular weight is 241 g/mol. The predicted molar refractivity (Wildman–Crippen MR) is 61.6 cm³/mol. The zero-order chi connectivity index (χ0) is 12.6. The number of nitrogens with two attached hydrogens (primary N) is 1. The maximum atomic E-state index is 13.9. The van der Waals surface area contributed by atoms with Crippen LogP contribution in [0.4, 0.5) is 8.78 Å². The topological polar surface area (TPSA) is 35.2 Å². The summed E-state index contributed by atoms with van der Waals surface area (Å²) in [6.45, 7) is 3.54. The summed E-state index contributed by atoms with van der Waals surface area (Å²) in [5, 5.41) is 0. The van der Waals surface area contributed by atoms with Crippen LogP contribution in [-0.4, -0.2) is 12.2 Å². The molecule has 1 saturated heterocycles. The summed E-state index contributed by atoms with van der Waals surface area (Å²) in [6.07, 6.45) is 1.44. The molecular weight excluding hydrogens is 224 g/mol. The van der Waals surface area contributed by atoms with Gasteiger partial charge in [-0.3, -0.25) is 0 Å². The van der Waals surface area contributed by atoms with Gasteiger partial charge >= 0.3 is 0 Å². The molecule has 0 aromatic heterocycles. The van der Waals surface area contributed by atoms with Crippen molar-refractivity contribution in [3.05, 3.63) is 34.9 Å². The smallest absolute Gasteiger partial charge is 0.133 e. The van der Waals surface area contributed by atoms with E-state index in [1.54, 1.807) is 6.92 Å². The molecule has 2 rings (SSSR count). The molecule has 4 heteroatoms. The van der Waals surface area contributed by atoms with Crippen molar-refractivity contribution in [2.75, 3.05) is 0 Å². The summed E-state index contributed by atoms with van der Waals surface area (Å²) < 4.78 is 33.1. The molecular formula is C13H17F2NO. The van der Waals surface area contributed by atoms with Crippen molar-refractivity contribution in [1.82, 2.24) is 0 Å². The van der Waals surface area contributed by atoms with Gasteiger partial charge in [0.25, 0.3) is 0 Å². The van der Waals surface area contributed by atoms with Crippen molar-refractivity contribution in [2.24, 2.45) is 5.73 Å². The summed E-state index contributed by atoms with van der Waals surface area (Å²) in [5.74, 6) is -1.15. The molecule has 1 aliphatic rings. The maximum absolute atomic E-state index is 13.9. The molecule has 0 radical (unpaired) electrons. The SMILES string of the molecule is Cc1ccc(F)c(C(N)C2CCC(C)O2)c1F. The van der Waals surface area contributed by atoms with Crippen LogP contribution in [0.5, 0.6) is 0 Å². The van der Waals surface area contributed by atoms with E-state index in [2.05, 4.69) is 0 Å². The molecule has 1 heterocycles. The van der Waals surface area contributed by atoms with Gasteiger partial charge in [-0.1, -0.05) is 6.07 Å². The third kappa shape index (κ3) is 2.33. The number of hydrogen-bond acceptors (Lipinski definition) is 2. The van der Waals surface area contributed by atoms with Gasteiger partial charge in [-0.2, -0.15) is 0 Å². The largest absolute Gasteiger partial charge is 0.373 e. The van der Waals surface area contributed by atoms with Crippen LogP contribution in [0.2, 0.25) is 0 Å². The lowest BCUT2D eigenvalue weighted by molar-refractivity contribution is 0.0387. The van der Waals surface area contributed by atoms with E-state index in [4.69, 9.17) is 10.5 Å². The zero-order valence-electron chi connectivity index (χ0n) is 10.0. The molecule has 2 N–H and O–H groups in total. The van der Waals surface area contributed by atoms with Crippen molar-refractivity contribution >= 4 is 0 Å². The molecule has 17 heavy (non-hydrogen) atoms. The number of ether oxygens (including phenoxy) is 1. The summed E-state index contributed by atoms with van der Waals surface area (Å²) in [6, 6.07) is 1.94. The predicted octanol–water partition coefficient (Wildman–Crippen LogP) is 2.84. The van der Waals surface area contributed by atoms with E-state index < -0.39 is 17.7 Å². The first kappa shape index (κ1) is 12.5. The van der Waals surface area contributed by atoms with Crippen molar-refractivity contribution < 1.29 is 13.5 Å². The summed E-state index contributed by atoms with van der Waals surface area (Å²) in [5.41, 5.74) is 6.28. The quantitative estimate of drug-likeness (QED) is 0.864. The summed E-state index contributed by atoms with van der Waals surface area (Å²) in [4.78, 5) is 0. The highest BCUT2D eigenvalue weighted by Crippen LogP contribution is 2.31. The van der Waals surface area contributed by atoms with Gasteiger partial charge in [-0.25, -0.2) is 8.78 Å². The minimum Gasteiger partial charge on any atom is -0.373 e. The van der Waals surface area contributed by atoms with Crippen LogP contribution in [0.15, 0.2) is 12.1 Å². The molecule has 0 amide bonds. The first-order chi connectivity index (χ1) is 8.00. The van der Waals surface area contributed by atoms with Crippen LogP contribution < -0.4 is 5.73 Å². The Balaban J connectivity index is 2.30. The van der Waals surface area contributed by atoms with Crippen LogP contribution in [-0.2, 0) is 4.74 Å². The van der Waals surface area contributed by atoms with Gasteiger partial charge in [0.1, 0.15) is 11.6 Å². The van der Waals surface area contributed by atoms with Crippen molar-refractivity contribution in [3.8, 4) is 0 Å². The number of halogens is 2. The highest BCUT2D eigenvalue weighted by atomic mass is 19.1. The van der Waals surface area contributed by atoms with E-state index in [-0.39, 0.29) is 17.8 Å². The maximum Gasteiger partial charge on any atom is 0.133 e. The Labute approximate surface area is 99.8 Å². The van der Waals surface area contributed by atoms with Crippen molar-refractivity contribution in [2.45, 2.75) is 44.9 Å². The second-order valence-electron chi connectivity index (χ2n) is 4.68. The van der Waals surface area contributed by atoms with Gasteiger partial charge in [-0.05, 0) is 38.3 Å². The van der Waals surface area contributed by atoms with Gasteiger partial charge in [0.2, 0.25) is 0 Å². The lowest BCUT2D eigenvalue weighted by Gasteiger charge is -2.21. The van der Waals surface area contributed by atoms with E-state index in [0.29, 0.717) is 5.56 Å². The normalized spacial score (nSPS) is 26.2. The second kappa shape index (κ2) is 4.70. The van der Waals surface area contributed by atoms with Crippen LogP contribution >= 0.6 is 0 Å². The first-order valence-corrected chi connectivity index (χ1v) is 5.86. The molecule has 1 aromatic rings. The fraction of sp³-hybridized carbons (Fsp3) is 0.538. The van der Waals surface area contributed by atoms with E-state index >= 15 is 0 Å². The Morgan fingerprint density at radius 2 is 2.06 bits per heavy atom. The molecule has 0 spiro atoms. The molecule has 0 saturated carbocycles. The van der Waals surface area contributed by atoms with Gasteiger partial charge in [0.15, 0.2) is 0 Å². The lowest BCUT2D eigenvalue weighted by atomic mass is 9.97. The van der Waals surface area contributed by atoms with E-state index in [9.17, 15) is 8.78 Å². The highest BCUT2D eigenvalue weighted by molar-refractivity contribution is 5.29. The van der Waals surface area contributed by atoms with E-state index in [1.807, 2.05) is 6.92 Å². The van der Waals surface area contributed by atoms with Crippen LogP contribution in [0.3, 0.4) is 0 Å². The zero-order valence-corrected chi connectivity index (χ0v) is 10.0. The molecule has 0 aliphatic carbocycles. The van der Waals surface area contributed by atoms with Gasteiger partial charge in [-0.15, -0.1) is 0 Å². The van der Waals surface area contributed by atoms with Crippen molar-refractivity contribution in [1.29, 1.82) is 0 Å². The highest BCUT2D eigenvalue weighted by Gasteiger charge is 2.31. The standard InChI is InChI=1S/C13H17F2NO/c1-7-3-5-9(14)11(12(7)15)13(16)10-6-4-8(2)17-10/h3,5,8,10,13H,4,6,16H2,1-2H3. The van der Waals surface area contributed by atoms with Crippen LogP contribution in [0.25, 0.3) is 0 Å². The Hall–Kier alpha value is -1.00. The average Bonchev–Trinajstić information content (AvgIpc) is 2.71. The van der Waals surface area contributed by atoms with Gasteiger partial charge in [0.05, 0.1) is 18.2 Å². The number of hydrogen-bond donors (Lipinski definition) is 1. The molecule has 1 aliphatic heterocycles. The van der Waals surface area contributed by atoms with Gasteiger partial charge < -0.3 is 10.5 Å². The Kier molecular flexibility index (Phi) is 3.45. The Bertz CT molecular complexity index is 422. The third-order valence-corrected chi connectivity index (χ3v) is 3.32. The molecule has 3 atom stereocenters. The monoisotopic (exact) mass is 241 g/mol. The lowest BCUT2D eigenvalue weighted by Crippen LogP contribution is -2.28. The van der Waals surface area contributed by atoms with Crippen molar-refractivity contribution in [3.63, 3.8) is 0 Å². The first-order valence-electron chi connectivity index (χ1n) is 5.86. The van der Waals surface area contributed by atoms with Gasteiger partial charge in [0, 0.05) is 5.56 Å². The van der Waals surface area contributed by atoms with Crippen LogP contribution in [0.1, 0.15) is 36.9 Å². The number of aryl methyl sites for hydroxylation is 1. The molecule has 1 fully saturated rings. The molecule has 1 aromatic carbocycles. The fourth-order valence-corrected chi connectivity index (χ4v) is 2.27. The molecule has 2 nitrogen and oxygen atoms in total. The summed E-state index contributed by atoms with van der Waals surface area (Å²) in [7, 11) is 0. The van der Waals surface area contributed by atoms with Crippen LogP contribution in [0, 0.1) is 18.6 Å². The van der Waals surface area contributed by atoms with E-state index in [0.717, 1.165) is 12.8 Å². The Morgan fingerprint density at radius 3 is 2.65 bits per heavy atom. The molecule has 94 valence electrons. The second-order valence-corrected chi connectivity index (χ2v) is 4.68. The molecule has 3 unspecified atom stereocenters. The molecule has 0 bridgehead atoms. The third-order valence-electron chi connectivity index (χ3n) is 3.32. The fourth-order valence-electron chi connectivity index (χ4n) is 2.27. The summed E-state index contributed by atoms with van der Waals surface area (Å²) >= 11 is 0. The van der Waals surface area contributed by atoms with E-state index in [1.165, 1.54) is 12.1 Å². The minimum absolute atomic E-state index is 0.0518. The minimum atomic E-state index is -0.736. The number of rotatable bonds is 2. The Morgan fingerprint density at radius 1 is 1.35 bits per heavy atom. The number of benzene rings is 1.